The molecule has 3 rings (SSSR count). The van der Waals surface area contributed by atoms with E-state index in [-0.39, 0.29) is 0 Å². The highest BCUT2D eigenvalue weighted by Gasteiger charge is 2.22. The molecule has 124 valence electrons. The predicted molar refractivity (Wildman–Crippen MR) is 96.4 cm³/mol. The number of halogens is 1. The van der Waals surface area contributed by atoms with E-state index in [4.69, 9.17) is 0 Å². The van der Waals surface area contributed by atoms with Gasteiger partial charge in [0.2, 0.25) is 10.0 Å². The van der Waals surface area contributed by atoms with Crippen molar-refractivity contribution in [2.45, 2.75) is 17.1 Å². The fourth-order valence-electron chi connectivity index (χ4n) is 2.69. The predicted octanol–water partition coefficient (Wildman–Crippen LogP) is 3.10. The van der Waals surface area contributed by atoms with Gasteiger partial charge in [0.1, 0.15) is 4.21 Å². The molecule has 0 unspecified atom stereocenters. The minimum Gasteiger partial charge on any atom is -0.371 e. The quantitative estimate of drug-likeness (QED) is 0.814. The van der Waals surface area contributed by atoms with Crippen molar-refractivity contribution in [2.24, 2.45) is 5.92 Å². The van der Waals surface area contributed by atoms with Crippen LogP contribution >= 0.6 is 27.3 Å². The summed E-state index contributed by atoms with van der Waals surface area (Å²) in [5.74, 6) is 0.381. The minimum absolute atomic E-state index is 0.360. The average molecular weight is 416 g/mol. The van der Waals surface area contributed by atoms with Crippen molar-refractivity contribution in [2.75, 3.05) is 24.5 Å². The van der Waals surface area contributed by atoms with Crippen LogP contribution in [0.25, 0.3) is 0 Å². The fourth-order valence-corrected chi connectivity index (χ4v) is 5.86. The van der Waals surface area contributed by atoms with Crippen LogP contribution in [0.5, 0.6) is 0 Å². The third-order valence-electron chi connectivity index (χ3n) is 4.02. The van der Waals surface area contributed by atoms with Crippen LogP contribution in [0.3, 0.4) is 0 Å². The van der Waals surface area contributed by atoms with E-state index in [1.54, 1.807) is 24.5 Å². The molecule has 0 saturated carbocycles. The van der Waals surface area contributed by atoms with E-state index in [9.17, 15) is 8.42 Å². The number of hydrogen-bond donors (Lipinski definition) is 1. The molecule has 0 aromatic carbocycles. The van der Waals surface area contributed by atoms with E-state index < -0.39 is 10.0 Å². The number of nitrogens with zero attached hydrogens (tertiary/aromatic N) is 2. The maximum Gasteiger partial charge on any atom is 0.250 e. The second-order valence-corrected chi connectivity index (χ2v) is 10.0. The molecule has 2 aromatic rings. The van der Waals surface area contributed by atoms with E-state index in [0.29, 0.717) is 16.7 Å². The zero-order valence-electron chi connectivity index (χ0n) is 12.5. The normalized spacial score (nSPS) is 16.7. The van der Waals surface area contributed by atoms with Crippen LogP contribution in [0.2, 0.25) is 0 Å². The molecule has 5 nitrogen and oxygen atoms in total. The number of hydrogen-bond acceptors (Lipinski definition) is 5. The first kappa shape index (κ1) is 16.9. The Balaban J connectivity index is 1.51. The Morgan fingerprint density at radius 3 is 2.52 bits per heavy atom. The van der Waals surface area contributed by atoms with Gasteiger partial charge in [-0.2, -0.15) is 0 Å². The van der Waals surface area contributed by atoms with E-state index in [1.807, 2.05) is 12.1 Å². The summed E-state index contributed by atoms with van der Waals surface area (Å²) in [6, 6.07) is 7.41. The molecule has 23 heavy (non-hydrogen) atoms. The summed E-state index contributed by atoms with van der Waals surface area (Å²) in [5, 5.41) is 0. The summed E-state index contributed by atoms with van der Waals surface area (Å²) in [7, 11) is -3.39. The van der Waals surface area contributed by atoms with Gasteiger partial charge in [0.05, 0.1) is 3.79 Å². The highest BCUT2D eigenvalue weighted by atomic mass is 79.9. The van der Waals surface area contributed by atoms with Crippen molar-refractivity contribution in [3.63, 3.8) is 0 Å². The molecule has 8 heteroatoms. The van der Waals surface area contributed by atoms with E-state index in [2.05, 4.69) is 30.5 Å². The van der Waals surface area contributed by atoms with Gasteiger partial charge in [-0.25, -0.2) is 13.1 Å². The van der Waals surface area contributed by atoms with Crippen LogP contribution in [-0.4, -0.2) is 33.0 Å². The van der Waals surface area contributed by atoms with Gasteiger partial charge < -0.3 is 4.90 Å². The molecule has 0 atom stereocenters. The summed E-state index contributed by atoms with van der Waals surface area (Å²) in [6.45, 7) is 2.39. The third kappa shape index (κ3) is 4.32. The van der Waals surface area contributed by atoms with Crippen molar-refractivity contribution < 1.29 is 8.42 Å². The first-order valence-electron chi connectivity index (χ1n) is 7.44. The van der Waals surface area contributed by atoms with Crippen LogP contribution in [0.15, 0.2) is 44.7 Å². The molecular formula is C15H18BrN3O2S2. The maximum atomic E-state index is 12.2. The largest absolute Gasteiger partial charge is 0.371 e. The Bertz CT molecular complexity index is 741. The summed E-state index contributed by atoms with van der Waals surface area (Å²) in [6.07, 6.45) is 5.57. The Kier molecular flexibility index (Phi) is 5.35. The number of aromatic nitrogens is 1. The highest BCUT2D eigenvalue weighted by Crippen LogP contribution is 2.26. The molecule has 1 aliphatic rings. The van der Waals surface area contributed by atoms with Crippen molar-refractivity contribution >= 4 is 43.0 Å². The topological polar surface area (TPSA) is 62.3 Å². The third-order valence-corrected chi connectivity index (χ3v) is 7.56. The van der Waals surface area contributed by atoms with Crippen molar-refractivity contribution in [3.05, 3.63) is 40.4 Å². The van der Waals surface area contributed by atoms with Crippen LogP contribution in [0.4, 0.5) is 5.69 Å². The molecule has 2 aromatic heterocycles. The Morgan fingerprint density at radius 1 is 1.22 bits per heavy atom. The number of piperidine rings is 1. The lowest BCUT2D eigenvalue weighted by Gasteiger charge is -2.33. The van der Waals surface area contributed by atoms with Gasteiger partial charge >= 0.3 is 0 Å². The van der Waals surface area contributed by atoms with Gasteiger partial charge in [-0.1, -0.05) is 0 Å². The van der Waals surface area contributed by atoms with Gasteiger partial charge in [-0.15, -0.1) is 11.3 Å². The summed E-state index contributed by atoms with van der Waals surface area (Å²) >= 11 is 4.53. The Morgan fingerprint density at radius 2 is 1.91 bits per heavy atom. The number of thiophene rings is 1. The zero-order chi connectivity index (χ0) is 16.3. The Labute approximate surface area is 148 Å². The first-order valence-corrected chi connectivity index (χ1v) is 10.5. The molecule has 0 amide bonds. The lowest BCUT2D eigenvalue weighted by Crippen LogP contribution is -2.38. The number of sulfonamides is 1. The van der Waals surface area contributed by atoms with Crippen LogP contribution in [0, 0.1) is 5.92 Å². The number of pyridine rings is 1. The molecule has 0 bridgehead atoms. The SMILES string of the molecule is O=S(=O)(NCC1CCN(c2ccncc2)CC1)c1ccc(Br)s1. The Hall–Kier alpha value is -0.960. The lowest BCUT2D eigenvalue weighted by atomic mass is 9.97. The summed E-state index contributed by atoms with van der Waals surface area (Å²) in [4.78, 5) is 6.36. The molecule has 1 aliphatic heterocycles. The van der Waals surface area contributed by atoms with Crippen LogP contribution < -0.4 is 9.62 Å². The molecule has 1 N–H and O–H groups in total. The standard InChI is InChI=1S/C15H18BrN3O2S2/c16-14-1-2-15(22-14)23(20,21)18-11-12-5-9-19(10-6-12)13-3-7-17-8-4-13/h1-4,7-8,12,18H,5-6,9-11H2. The van der Waals surface area contributed by atoms with Gasteiger partial charge in [0.25, 0.3) is 0 Å². The second kappa shape index (κ2) is 7.29. The molecule has 0 radical (unpaired) electrons. The minimum atomic E-state index is -3.39. The van der Waals surface area contributed by atoms with E-state index >= 15 is 0 Å². The first-order chi connectivity index (χ1) is 11.0. The number of rotatable bonds is 5. The molecule has 0 spiro atoms. The summed E-state index contributed by atoms with van der Waals surface area (Å²) in [5.41, 5.74) is 1.18. The molecule has 1 fully saturated rings. The highest BCUT2D eigenvalue weighted by molar-refractivity contribution is 9.11. The smallest absolute Gasteiger partial charge is 0.250 e. The second-order valence-electron chi connectivity index (χ2n) is 5.55. The number of anilines is 1. The molecule has 0 aliphatic carbocycles. The molecular weight excluding hydrogens is 398 g/mol. The van der Waals surface area contributed by atoms with Crippen molar-refractivity contribution in [1.82, 2.24) is 9.71 Å². The average Bonchev–Trinajstić information content (AvgIpc) is 3.02. The van der Waals surface area contributed by atoms with Crippen molar-refractivity contribution in [3.8, 4) is 0 Å². The van der Waals surface area contributed by atoms with Crippen LogP contribution in [0.1, 0.15) is 12.8 Å². The maximum absolute atomic E-state index is 12.2. The zero-order valence-corrected chi connectivity index (χ0v) is 15.7. The van der Waals surface area contributed by atoms with E-state index in [1.165, 1.54) is 17.0 Å². The van der Waals surface area contributed by atoms with Gasteiger partial charge in [0, 0.05) is 37.7 Å². The molecule has 1 saturated heterocycles. The van der Waals surface area contributed by atoms with Crippen LogP contribution in [-0.2, 0) is 10.0 Å². The van der Waals surface area contributed by atoms with Gasteiger partial charge in [-0.3, -0.25) is 4.98 Å². The van der Waals surface area contributed by atoms with E-state index in [0.717, 1.165) is 29.7 Å². The monoisotopic (exact) mass is 415 g/mol. The lowest BCUT2D eigenvalue weighted by molar-refractivity contribution is 0.402. The summed E-state index contributed by atoms with van der Waals surface area (Å²) < 4.78 is 28.4. The number of nitrogens with one attached hydrogen (secondary N) is 1. The molecule has 3 heterocycles. The van der Waals surface area contributed by atoms with Crippen molar-refractivity contribution in [1.29, 1.82) is 0 Å². The fraction of sp³-hybridized carbons (Fsp3) is 0.400. The van der Waals surface area contributed by atoms with Gasteiger partial charge in [0.15, 0.2) is 0 Å². The van der Waals surface area contributed by atoms with Gasteiger partial charge in [-0.05, 0) is 59.0 Å².